The minimum Gasteiger partial charge on any atom is -0.507 e. The first-order chi connectivity index (χ1) is 10.1. The molecule has 2 aromatic carbocycles. The first kappa shape index (κ1) is 15.2. The number of nitrogens with zero attached hydrogens (tertiary/aromatic N) is 1. The zero-order chi connectivity index (χ0) is 15.4. The number of benzene rings is 2. The number of aromatic hydroxyl groups is 1. The zero-order valence-electron chi connectivity index (χ0n) is 11.6. The van der Waals surface area contributed by atoms with E-state index in [1.165, 1.54) is 20.3 Å². The minimum absolute atomic E-state index is 0.0154. The van der Waals surface area contributed by atoms with Crippen molar-refractivity contribution >= 4 is 21.6 Å². The van der Waals surface area contributed by atoms with Crippen LogP contribution in [0.15, 0.2) is 46.0 Å². The highest BCUT2D eigenvalue weighted by Gasteiger charge is 2.19. The van der Waals surface area contributed by atoms with Crippen LogP contribution in [-0.2, 0) is 0 Å². The Labute approximate surface area is 131 Å². The summed E-state index contributed by atoms with van der Waals surface area (Å²) in [6.07, 6.45) is 0. The van der Waals surface area contributed by atoms with Crippen LogP contribution in [0.4, 0.5) is 0 Å². The fourth-order valence-corrected chi connectivity index (χ4v) is 2.25. The molecule has 0 aliphatic carbocycles. The molecule has 3 N–H and O–H groups in total. The van der Waals surface area contributed by atoms with Crippen LogP contribution in [0.1, 0.15) is 11.1 Å². The standard InChI is InChI=1S/C15H15BrN2O3/c1-20-11-7-12(19)14(13(8-11)21-2)15(18-17)9-3-5-10(16)6-4-9/h3-8,19H,17H2,1-2H3/b18-15+. The van der Waals surface area contributed by atoms with Crippen molar-refractivity contribution in [3.8, 4) is 17.2 Å². The van der Waals surface area contributed by atoms with Gasteiger partial charge in [0.1, 0.15) is 23.0 Å². The topological polar surface area (TPSA) is 77.1 Å². The van der Waals surface area contributed by atoms with Crippen molar-refractivity contribution < 1.29 is 14.6 Å². The average Bonchev–Trinajstić information content (AvgIpc) is 2.50. The number of rotatable bonds is 4. The van der Waals surface area contributed by atoms with E-state index in [-0.39, 0.29) is 5.75 Å². The molecular weight excluding hydrogens is 336 g/mol. The first-order valence-corrected chi connectivity index (χ1v) is 6.89. The number of nitrogens with two attached hydrogens (primary N) is 1. The molecule has 0 atom stereocenters. The van der Waals surface area contributed by atoms with Crippen LogP contribution in [0.25, 0.3) is 0 Å². The summed E-state index contributed by atoms with van der Waals surface area (Å²) in [5, 5.41) is 14.0. The fraction of sp³-hybridized carbons (Fsp3) is 0.133. The van der Waals surface area contributed by atoms with Crippen LogP contribution in [0, 0.1) is 0 Å². The minimum atomic E-state index is -0.0154. The van der Waals surface area contributed by atoms with E-state index < -0.39 is 0 Å². The predicted octanol–water partition coefficient (Wildman–Crippen LogP) is 2.88. The number of halogens is 1. The molecule has 110 valence electrons. The van der Waals surface area contributed by atoms with Crippen LogP contribution < -0.4 is 15.3 Å². The van der Waals surface area contributed by atoms with Gasteiger partial charge in [0.15, 0.2) is 0 Å². The van der Waals surface area contributed by atoms with Crippen molar-refractivity contribution in [1.82, 2.24) is 0 Å². The van der Waals surface area contributed by atoms with E-state index in [0.29, 0.717) is 22.8 Å². The van der Waals surface area contributed by atoms with Crippen LogP contribution in [0.2, 0.25) is 0 Å². The van der Waals surface area contributed by atoms with Crippen molar-refractivity contribution in [2.75, 3.05) is 14.2 Å². The van der Waals surface area contributed by atoms with Crippen molar-refractivity contribution in [1.29, 1.82) is 0 Å². The van der Waals surface area contributed by atoms with Gasteiger partial charge in [-0.05, 0) is 12.1 Å². The van der Waals surface area contributed by atoms with Crippen LogP contribution >= 0.6 is 15.9 Å². The quantitative estimate of drug-likeness (QED) is 0.505. The third-order valence-corrected chi connectivity index (χ3v) is 3.52. The van der Waals surface area contributed by atoms with Gasteiger partial charge in [0.05, 0.1) is 19.8 Å². The van der Waals surface area contributed by atoms with E-state index in [9.17, 15) is 5.11 Å². The highest BCUT2D eigenvalue weighted by molar-refractivity contribution is 9.10. The second kappa shape index (κ2) is 6.49. The van der Waals surface area contributed by atoms with Crippen molar-refractivity contribution in [3.05, 3.63) is 52.0 Å². The summed E-state index contributed by atoms with van der Waals surface area (Å²) in [7, 11) is 3.02. The molecule has 0 saturated heterocycles. The SMILES string of the molecule is COc1cc(O)c(/C(=N/N)c2ccc(Br)cc2)c(OC)c1. The lowest BCUT2D eigenvalue weighted by Gasteiger charge is -2.14. The monoisotopic (exact) mass is 350 g/mol. The second-order valence-electron chi connectivity index (χ2n) is 4.21. The molecule has 21 heavy (non-hydrogen) atoms. The molecule has 5 nitrogen and oxygen atoms in total. The molecule has 2 aromatic rings. The third-order valence-electron chi connectivity index (χ3n) is 2.99. The summed E-state index contributed by atoms with van der Waals surface area (Å²) in [4.78, 5) is 0. The number of phenolic OH excluding ortho intramolecular Hbond substituents is 1. The molecule has 0 radical (unpaired) electrons. The molecule has 0 aliphatic heterocycles. The Morgan fingerprint density at radius 2 is 1.81 bits per heavy atom. The van der Waals surface area contributed by atoms with Gasteiger partial charge in [-0.15, -0.1) is 0 Å². The summed E-state index contributed by atoms with van der Waals surface area (Å²) in [6, 6.07) is 10.6. The Kier molecular flexibility index (Phi) is 4.70. The summed E-state index contributed by atoms with van der Waals surface area (Å²) < 4.78 is 11.4. The van der Waals surface area contributed by atoms with Gasteiger partial charge in [0, 0.05) is 22.2 Å². The number of hydrogen-bond donors (Lipinski definition) is 2. The predicted molar refractivity (Wildman–Crippen MR) is 85.2 cm³/mol. The van der Waals surface area contributed by atoms with Gasteiger partial charge in [-0.3, -0.25) is 0 Å². The lowest BCUT2D eigenvalue weighted by atomic mass is 10.00. The largest absolute Gasteiger partial charge is 0.507 e. The number of ether oxygens (including phenoxy) is 2. The zero-order valence-corrected chi connectivity index (χ0v) is 13.2. The first-order valence-electron chi connectivity index (χ1n) is 6.10. The highest BCUT2D eigenvalue weighted by atomic mass is 79.9. The number of hydrazone groups is 1. The maximum Gasteiger partial charge on any atom is 0.135 e. The van der Waals surface area contributed by atoms with Gasteiger partial charge in [-0.2, -0.15) is 5.10 Å². The van der Waals surface area contributed by atoms with Gasteiger partial charge in [-0.1, -0.05) is 28.1 Å². The lowest BCUT2D eigenvalue weighted by Crippen LogP contribution is -2.09. The van der Waals surface area contributed by atoms with Crippen LogP contribution in [0.5, 0.6) is 17.2 Å². The third kappa shape index (κ3) is 3.11. The normalized spacial score (nSPS) is 11.3. The second-order valence-corrected chi connectivity index (χ2v) is 5.12. The molecule has 0 amide bonds. The van der Waals surface area contributed by atoms with Gasteiger partial charge < -0.3 is 20.4 Å². The molecule has 0 aliphatic rings. The van der Waals surface area contributed by atoms with Gasteiger partial charge in [0.2, 0.25) is 0 Å². The maximum absolute atomic E-state index is 10.2. The van der Waals surface area contributed by atoms with Crippen LogP contribution in [0.3, 0.4) is 0 Å². The molecule has 0 fully saturated rings. The maximum atomic E-state index is 10.2. The Morgan fingerprint density at radius 1 is 1.14 bits per heavy atom. The van der Waals surface area contributed by atoms with Crippen molar-refractivity contribution in [3.63, 3.8) is 0 Å². The Hall–Kier alpha value is -2.21. The molecular formula is C15H15BrN2O3. The molecule has 0 saturated carbocycles. The lowest BCUT2D eigenvalue weighted by molar-refractivity contribution is 0.384. The van der Waals surface area contributed by atoms with E-state index in [0.717, 1.165) is 10.0 Å². The number of methoxy groups -OCH3 is 2. The molecule has 0 spiro atoms. The van der Waals surface area contributed by atoms with Gasteiger partial charge in [-0.25, -0.2) is 0 Å². The summed E-state index contributed by atoms with van der Waals surface area (Å²) in [5.74, 6) is 6.42. The van der Waals surface area contributed by atoms with E-state index in [1.54, 1.807) is 6.07 Å². The molecule has 6 heteroatoms. The van der Waals surface area contributed by atoms with Gasteiger partial charge in [0.25, 0.3) is 0 Å². The van der Waals surface area contributed by atoms with Gasteiger partial charge >= 0.3 is 0 Å². The number of hydrogen-bond acceptors (Lipinski definition) is 5. The highest BCUT2D eigenvalue weighted by Crippen LogP contribution is 2.35. The van der Waals surface area contributed by atoms with Crippen molar-refractivity contribution in [2.24, 2.45) is 10.9 Å². The molecule has 0 unspecified atom stereocenters. The van der Waals surface area contributed by atoms with Crippen LogP contribution in [-0.4, -0.2) is 25.0 Å². The molecule has 0 heterocycles. The van der Waals surface area contributed by atoms with E-state index in [1.807, 2.05) is 24.3 Å². The van der Waals surface area contributed by atoms with E-state index >= 15 is 0 Å². The smallest absolute Gasteiger partial charge is 0.135 e. The van der Waals surface area contributed by atoms with E-state index in [4.69, 9.17) is 15.3 Å². The molecule has 0 bridgehead atoms. The van der Waals surface area contributed by atoms with Crippen molar-refractivity contribution in [2.45, 2.75) is 0 Å². The summed E-state index contributed by atoms with van der Waals surface area (Å²) >= 11 is 3.37. The Balaban J connectivity index is 2.60. The molecule has 0 aromatic heterocycles. The summed E-state index contributed by atoms with van der Waals surface area (Å²) in [6.45, 7) is 0. The Bertz CT molecular complexity index is 669. The summed E-state index contributed by atoms with van der Waals surface area (Å²) in [5.41, 5.74) is 1.61. The van der Waals surface area contributed by atoms with E-state index in [2.05, 4.69) is 21.0 Å². The fourth-order valence-electron chi connectivity index (χ4n) is 1.98. The Morgan fingerprint density at radius 3 is 2.33 bits per heavy atom. The number of phenols is 1. The average molecular weight is 351 g/mol. The molecule has 2 rings (SSSR count).